The van der Waals surface area contributed by atoms with Gasteiger partial charge in [-0.25, -0.2) is 10.4 Å². The van der Waals surface area contributed by atoms with Crippen molar-refractivity contribution < 1.29 is 0 Å². The van der Waals surface area contributed by atoms with E-state index in [0.717, 1.165) is 5.56 Å². The Bertz CT molecular complexity index is 919. The second-order valence-electron chi connectivity index (χ2n) is 4.85. The Labute approximate surface area is 148 Å². The first-order chi connectivity index (χ1) is 11.6. The van der Waals surface area contributed by atoms with Gasteiger partial charge in [0, 0.05) is 17.2 Å². The van der Waals surface area contributed by atoms with E-state index in [1.165, 1.54) is 12.3 Å². The third-order valence-electron chi connectivity index (χ3n) is 3.18. The molecule has 1 aromatic heterocycles. The van der Waals surface area contributed by atoms with Crippen molar-refractivity contribution in [1.82, 2.24) is 9.97 Å². The van der Waals surface area contributed by atoms with Crippen LogP contribution in [-0.4, -0.2) is 16.2 Å². The smallest absolute Gasteiger partial charge is 0.252 e. The number of aromatic amines is 1. The van der Waals surface area contributed by atoms with E-state index in [-0.39, 0.29) is 11.5 Å². The Morgan fingerprint density at radius 2 is 1.75 bits per heavy atom. The lowest BCUT2D eigenvalue weighted by Crippen LogP contribution is -2.10. The van der Waals surface area contributed by atoms with Gasteiger partial charge in [0.1, 0.15) is 0 Å². The van der Waals surface area contributed by atoms with E-state index >= 15 is 0 Å². The zero-order valence-electron chi connectivity index (χ0n) is 12.3. The Kier molecular flexibility index (Phi) is 4.93. The number of rotatable bonds is 4. The molecule has 0 spiro atoms. The third kappa shape index (κ3) is 3.82. The Morgan fingerprint density at radius 1 is 1.04 bits per heavy atom. The number of H-pyrrole nitrogens is 1. The van der Waals surface area contributed by atoms with Gasteiger partial charge in [-0.1, -0.05) is 59.6 Å². The molecule has 0 amide bonds. The number of benzene rings is 2. The molecule has 5 nitrogen and oxygen atoms in total. The number of aromatic nitrogens is 2. The molecule has 24 heavy (non-hydrogen) atoms. The summed E-state index contributed by atoms with van der Waals surface area (Å²) in [7, 11) is 0. The fraction of sp³-hybridized carbons (Fsp3) is 0. The average Bonchev–Trinajstić information content (AvgIpc) is 2.58. The summed E-state index contributed by atoms with van der Waals surface area (Å²) < 4.78 is 0. The van der Waals surface area contributed by atoms with E-state index in [4.69, 9.17) is 23.2 Å². The SMILES string of the molecule is O=c1cc(-c2ccccc2)nc(N/N=C/c2c(Cl)cccc2Cl)[nH]1. The minimum atomic E-state index is -0.280. The maximum atomic E-state index is 11.8. The molecule has 0 aliphatic carbocycles. The molecule has 0 aliphatic heterocycles. The lowest BCUT2D eigenvalue weighted by Gasteiger charge is -2.04. The predicted octanol–water partition coefficient (Wildman–Crippen LogP) is 4.19. The molecule has 0 atom stereocenters. The van der Waals surface area contributed by atoms with Crippen LogP contribution in [0.4, 0.5) is 5.95 Å². The molecular weight excluding hydrogens is 347 g/mol. The lowest BCUT2D eigenvalue weighted by atomic mass is 10.1. The Morgan fingerprint density at radius 3 is 2.46 bits per heavy atom. The van der Waals surface area contributed by atoms with Crippen LogP contribution in [0.15, 0.2) is 64.5 Å². The average molecular weight is 359 g/mol. The second kappa shape index (κ2) is 7.29. The van der Waals surface area contributed by atoms with Crippen molar-refractivity contribution in [3.8, 4) is 11.3 Å². The molecule has 2 aromatic carbocycles. The monoisotopic (exact) mass is 358 g/mol. The van der Waals surface area contributed by atoms with Gasteiger partial charge in [-0.05, 0) is 12.1 Å². The highest BCUT2D eigenvalue weighted by molar-refractivity contribution is 6.38. The molecule has 3 aromatic rings. The topological polar surface area (TPSA) is 70.1 Å². The summed E-state index contributed by atoms with van der Waals surface area (Å²) in [4.78, 5) is 18.7. The molecule has 0 saturated carbocycles. The van der Waals surface area contributed by atoms with Crippen LogP contribution in [0.3, 0.4) is 0 Å². The normalized spacial score (nSPS) is 10.9. The summed E-state index contributed by atoms with van der Waals surface area (Å²) >= 11 is 12.1. The molecule has 0 fully saturated rings. The van der Waals surface area contributed by atoms with Crippen LogP contribution in [0, 0.1) is 0 Å². The summed E-state index contributed by atoms with van der Waals surface area (Å²) in [5, 5.41) is 4.99. The van der Waals surface area contributed by atoms with Crippen LogP contribution >= 0.6 is 23.2 Å². The molecule has 0 saturated heterocycles. The maximum absolute atomic E-state index is 11.8. The van der Waals surface area contributed by atoms with Gasteiger partial charge in [-0.15, -0.1) is 0 Å². The van der Waals surface area contributed by atoms with Crippen LogP contribution in [0.25, 0.3) is 11.3 Å². The number of nitrogens with zero attached hydrogens (tertiary/aromatic N) is 2. The fourth-order valence-electron chi connectivity index (χ4n) is 2.06. The highest BCUT2D eigenvalue weighted by Gasteiger charge is 2.04. The fourth-order valence-corrected chi connectivity index (χ4v) is 2.55. The van der Waals surface area contributed by atoms with Gasteiger partial charge in [-0.2, -0.15) is 5.10 Å². The first kappa shape index (κ1) is 16.2. The molecule has 0 radical (unpaired) electrons. The van der Waals surface area contributed by atoms with Crippen molar-refractivity contribution in [2.45, 2.75) is 0 Å². The summed E-state index contributed by atoms with van der Waals surface area (Å²) in [6.07, 6.45) is 1.47. The summed E-state index contributed by atoms with van der Waals surface area (Å²) in [6, 6.07) is 16.0. The summed E-state index contributed by atoms with van der Waals surface area (Å²) in [5.41, 5.74) is 4.37. The molecule has 3 rings (SSSR count). The van der Waals surface area contributed by atoms with E-state index < -0.39 is 0 Å². The molecule has 1 heterocycles. The lowest BCUT2D eigenvalue weighted by molar-refractivity contribution is 1.09. The molecule has 0 unspecified atom stereocenters. The molecule has 0 bridgehead atoms. The highest BCUT2D eigenvalue weighted by atomic mass is 35.5. The number of hydrazone groups is 1. The molecule has 7 heteroatoms. The van der Waals surface area contributed by atoms with Crippen LogP contribution in [0.1, 0.15) is 5.56 Å². The van der Waals surface area contributed by atoms with Gasteiger partial charge in [0.15, 0.2) is 0 Å². The zero-order chi connectivity index (χ0) is 16.9. The van der Waals surface area contributed by atoms with Crippen LogP contribution in [-0.2, 0) is 0 Å². The van der Waals surface area contributed by atoms with Crippen molar-refractivity contribution in [1.29, 1.82) is 0 Å². The standard InChI is InChI=1S/C17H12Cl2N4O/c18-13-7-4-8-14(19)12(13)10-20-23-17-21-15(9-16(24)22-17)11-5-2-1-3-6-11/h1-10H,(H2,21,22,23,24)/b20-10+. The predicted molar refractivity (Wildman–Crippen MR) is 98.0 cm³/mol. The van der Waals surface area contributed by atoms with Crippen LogP contribution in [0.2, 0.25) is 10.0 Å². The number of hydrogen-bond donors (Lipinski definition) is 2. The van der Waals surface area contributed by atoms with E-state index in [2.05, 4.69) is 20.5 Å². The molecular formula is C17H12Cl2N4O. The van der Waals surface area contributed by atoms with Crippen LogP contribution < -0.4 is 11.0 Å². The van der Waals surface area contributed by atoms with Crippen molar-refractivity contribution in [2.75, 3.05) is 5.43 Å². The van der Waals surface area contributed by atoms with E-state index in [0.29, 0.717) is 21.3 Å². The minimum absolute atomic E-state index is 0.223. The van der Waals surface area contributed by atoms with Gasteiger partial charge >= 0.3 is 0 Å². The molecule has 0 aliphatic rings. The maximum Gasteiger partial charge on any atom is 0.252 e. The number of halogens is 2. The first-order valence-electron chi connectivity index (χ1n) is 7.03. The van der Waals surface area contributed by atoms with Crippen molar-refractivity contribution in [3.05, 3.63) is 80.6 Å². The van der Waals surface area contributed by atoms with Crippen molar-refractivity contribution >= 4 is 35.4 Å². The summed E-state index contributed by atoms with van der Waals surface area (Å²) in [5.74, 6) is 0.223. The number of nitrogens with one attached hydrogen (secondary N) is 2. The Balaban J connectivity index is 1.85. The first-order valence-corrected chi connectivity index (χ1v) is 7.79. The quantitative estimate of drug-likeness (QED) is 0.542. The van der Waals surface area contributed by atoms with Gasteiger partial charge in [-0.3, -0.25) is 9.78 Å². The highest BCUT2D eigenvalue weighted by Crippen LogP contribution is 2.22. The van der Waals surface area contributed by atoms with E-state index in [9.17, 15) is 4.79 Å². The van der Waals surface area contributed by atoms with Crippen molar-refractivity contribution in [3.63, 3.8) is 0 Å². The number of hydrogen-bond acceptors (Lipinski definition) is 4. The molecule has 120 valence electrons. The van der Waals surface area contributed by atoms with E-state index in [1.54, 1.807) is 18.2 Å². The van der Waals surface area contributed by atoms with E-state index in [1.807, 2.05) is 30.3 Å². The van der Waals surface area contributed by atoms with Gasteiger partial charge in [0.25, 0.3) is 5.56 Å². The van der Waals surface area contributed by atoms with Gasteiger partial charge < -0.3 is 0 Å². The largest absolute Gasteiger partial charge is 0.291 e. The van der Waals surface area contributed by atoms with Gasteiger partial charge in [0.2, 0.25) is 5.95 Å². The zero-order valence-corrected chi connectivity index (χ0v) is 13.8. The molecule has 2 N–H and O–H groups in total. The summed E-state index contributed by atoms with van der Waals surface area (Å²) in [6.45, 7) is 0. The third-order valence-corrected chi connectivity index (χ3v) is 3.83. The van der Waals surface area contributed by atoms with Gasteiger partial charge in [0.05, 0.1) is 22.0 Å². The minimum Gasteiger partial charge on any atom is -0.291 e. The second-order valence-corrected chi connectivity index (χ2v) is 5.67. The van der Waals surface area contributed by atoms with Crippen LogP contribution in [0.5, 0.6) is 0 Å². The van der Waals surface area contributed by atoms with Crippen molar-refractivity contribution in [2.24, 2.45) is 5.10 Å². The number of anilines is 1. The Hall–Kier alpha value is -2.63.